The Morgan fingerprint density at radius 3 is 2.38 bits per heavy atom. The summed E-state index contributed by atoms with van der Waals surface area (Å²) < 4.78 is 19.5. The molecule has 0 radical (unpaired) electrons. The number of hydrogen-bond donors (Lipinski definition) is 2. The van der Waals surface area contributed by atoms with Crippen molar-refractivity contribution in [1.82, 2.24) is 15.3 Å². The number of rotatable bonds is 7. The summed E-state index contributed by atoms with van der Waals surface area (Å²) in [6, 6.07) is 14.9. The number of urea groups is 1. The molecule has 2 aromatic carbocycles. The first-order valence-corrected chi connectivity index (χ1v) is 12.9. The van der Waals surface area contributed by atoms with Gasteiger partial charge in [0.15, 0.2) is 0 Å². The monoisotopic (exact) mass is 512 g/mol. The Bertz CT molecular complexity index is 1060. The van der Waals surface area contributed by atoms with E-state index in [9.17, 15) is 14.0 Å². The van der Waals surface area contributed by atoms with Gasteiger partial charge in [0.25, 0.3) is 5.91 Å². The fourth-order valence-corrected chi connectivity index (χ4v) is 5.11. The molecular formula is C28H37FN4O4. The number of carbonyl (C=O) groups is 2. The van der Waals surface area contributed by atoms with Crippen molar-refractivity contribution in [2.24, 2.45) is 0 Å². The molecule has 0 spiro atoms. The lowest BCUT2D eigenvalue weighted by Crippen LogP contribution is -2.48. The molecule has 2 saturated heterocycles. The van der Waals surface area contributed by atoms with E-state index in [1.54, 1.807) is 53.4 Å². The Balaban J connectivity index is 1.53. The van der Waals surface area contributed by atoms with Crippen LogP contribution >= 0.6 is 0 Å². The number of ether oxygens (including phenoxy) is 1. The second-order valence-electron chi connectivity index (χ2n) is 10.5. The van der Waals surface area contributed by atoms with Gasteiger partial charge in [0.1, 0.15) is 5.67 Å². The molecule has 0 aliphatic carbocycles. The first kappa shape index (κ1) is 27.0. The lowest BCUT2D eigenvalue weighted by molar-refractivity contribution is 0.0548. The van der Waals surface area contributed by atoms with Gasteiger partial charge in [-0.05, 0) is 81.1 Å². The summed E-state index contributed by atoms with van der Waals surface area (Å²) in [5.41, 5.74) is 3.64. The fraction of sp³-hybridized carbons (Fsp3) is 0.500. The normalized spacial score (nSPS) is 17.5. The molecule has 3 amide bonds. The number of hydroxylamine groups is 1. The van der Waals surface area contributed by atoms with E-state index in [0.29, 0.717) is 50.9 Å². The van der Waals surface area contributed by atoms with E-state index in [0.717, 1.165) is 37.2 Å². The summed E-state index contributed by atoms with van der Waals surface area (Å²) >= 11 is 0. The van der Waals surface area contributed by atoms with Gasteiger partial charge < -0.3 is 14.5 Å². The molecule has 200 valence electrons. The van der Waals surface area contributed by atoms with Crippen LogP contribution in [0.4, 0.5) is 14.9 Å². The largest absolute Gasteiger partial charge is 0.378 e. The molecule has 4 rings (SSSR count). The molecule has 0 atom stereocenters. The molecule has 0 aromatic heterocycles. The highest BCUT2D eigenvalue weighted by molar-refractivity contribution is 5.94. The lowest BCUT2D eigenvalue weighted by atomic mass is 9.88. The Morgan fingerprint density at radius 2 is 1.76 bits per heavy atom. The predicted molar refractivity (Wildman–Crippen MR) is 140 cm³/mol. The van der Waals surface area contributed by atoms with Gasteiger partial charge in [0.05, 0.1) is 19.8 Å². The molecule has 2 aliphatic rings. The smallest absolute Gasteiger partial charge is 0.324 e. The number of morpholine rings is 1. The highest BCUT2D eigenvalue weighted by atomic mass is 19.1. The third kappa shape index (κ3) is 7.28. The van der Waals surface area contributed by atoms with Crippen LogP contribution in [0.3, 0.4) is 0 Å². The first-order chi connectivity index (χ1) is 17.7. The van der Waals surface area contributed by atoms with Crippen LogP contribution in [0, 0.1) is 0 Å². The average molecular weight is 513 g/mol. The number of anilines is 1. The van der Waals surface area contributed by atoms with Crippen molar-refractivity contribution in [3.8, 4) is 0 Å². The molecule has 2 N–H and O–H groups in total. The minimum Gasteiger partial charge on any atom is -0.378 e. The van der Waals surface area contributed by atoms with Gasteiger partial charge in [-0.1, -0.05) is 24.3 Å². The number of halogens is 1. The predicted octanol–water partition coefficient (Wildman–Crippen LogP) is 4.19. The van der Waals surface area contributed by atoms with E-state index in [-0.39, 0.29) is 6.03 Å². The van der Waals surface area contributed by atoms with Crippen molar-refractivity contribution in [2.75, 3.05) is 50.8 Å². The van der Waals surface area contributed by atoms with Crippen LogP contribution in [0.15, 0.2) is 48.5 Å². The molecule has 37 heavy (non-hydrogen) atoms. The van der Waals surface area contributed by atoms with E-state index in [1.165, 1.54) is 5.56 Å². The van der Waals surface area contributed by atoms with Gasteiger partial charge in [-0.25, -0.2) is 14.7 Å². The number of hydrogen-bond acceptors (Lipinski definition) is 5. The van der Waals surface area contributed by atoms with Crippen LogP contribution in [0.1, 0.15) is 54.1 Å². The van der Waals surface area contributed by atoms with E-state index in [2.05, 4.69) is 17.0 Å². The van der Waals surface area contributed by atoms with Crippen molar-refractivity contribution in [1.29, 1.82) is 0 Å². The number of amides is 3. The highest BCUT2D eigenvalue weighted by Gasteiger charge is 2.28. The molecule has 0 saturated carbocycles. The topological polar surface area (TPSA) is 85.3 Å². The summed E-state index contributed by atoms with van der Waals surface area (Å²) in [4.78, 5) is 31.1. The van der Waals surface area contributed by atoms with Gasteiger partial charge in [0, 0.05) is 30.9 Å². The summed E-state index contributed by atoms with van der Waals surface area (Å²) in [5, 5.41) is 8.88. The number of likely N-dealkylation sites (tertiary alicyclic amines) is 1. The second-order valence-corrected chi connectivity index (χ2v) is 10.5. The number of nitrogens with zero attached hydrogens (tertiary/aromatic N) is 3. The third-order valence-corrected chi connectivity index (χ3v) is 7.01. The zero-order valence-corrected chi connectivity index (χ0v) is 21.7. The Hall–Kier alpha value is -3.01. The Kier molecular flexibility index (Phi) is 8.79. The van der Waals surface area contributed by atoms with Crippen LogP contribution in [-0.4, -0.2) is 78.6 Å². The van der Waals surface area contributed by atoms with Gasteiger partial charge in [-0.15, -0.1) is 0 Å². The maximum atomic E-state index is 14.1. The third-order valence-electron chi connectivity index (χ3n) is 7.01. The van der Waals surface area contributed by atoms with Crippen molar-refractivity contribution in [3.63, 3.8) is 0 Å². The second kappa shape index (κ2) is 12.0. The van der Waals surface area contributed by atoms with Crippen molar-refractivity contribution in [3.05, 3.63) is 65.2 Å². The quantitative estimate of drug-likeness (QED) is 0.429. The summed E-state index contributed by atoms with van der Waals surface area (Å²) in [6.07, 6.45) is 1.90. The van der Waals surface area contributed by atoms with Crippen molar-refractivity contribution in [2.45, 2.75) is 44.8 Å². The SMILES string of the molecule is CC(C)(F)CN1CCC(c2cccc(N(Cc3ccc(C(=O)NO)cc3)C(=O)N3CCOCC3)c2)CC1. The highest BCUT2D eigenvalue weighted by Crippen LogP contribution is 2.32. The van der Waals surface area contributed by atoms with Gasteiger partial charge in [0.2, 0.25) is 0 Å². The molecule has 2 heterocycles. The van der Waals surface area contributed by atoms with Crippen LogP contribution < -0.4 is 10.4 Å². The molecule has 2 aliphatic heterocycles. The summed E-state index contributed by atoms with van der Waals surface area (Å²) in [7, 11) is 0. The molecule has 9 heteroatoms. The molecule has 0 unspecified atom stereocenters. The standard InChI is InChI=1S/C28H37FN4O4/c1-28(2,29)20-31-12-10-22(11-13-31)24-4-3-5-25(18-24)33(27(35)32-14-16-37-17-15-32)19-21-6-8-23(9-7-21)26(34)30-36/h3-9,18,22,36H,10-17,19-20H2,1-2H3,(H,30,34). The number of nitrogens with one attached hydrogen (secondary N) is 1. The number of carbonyl (C=O) groups excluding carboxylic acids is 2. The number of piperidine rings is 1. The van der Waals surface area contributed by atoms with E-state index < -0.39 is 11.6 Å². The summed E-state index contributed by atoms with van der Waals surface area (Å²) in [6.45, 7) is 7.83. The van der Waals surface area contributed by atoms with E-state index in [4.69, 9.17) is 9.94 Å². The van der Waals surface area contributed by atoms with Crippen LogP contribution in [0.5, 0.6) is 0 Å². The maximum absolute atomic E-state index is 14.1. The Morgan fingerprint density at radius 1 is 1.08 bits per heavy atom. The van der Waals surface area contributed by atoms with Crippen LogP contribution in [-0.2, 0) is 11.3 Å². The first-order valence-electron chi connectivity index (χ1n) is 12.9. The molecule has 2 aromatic rings. The van der Waals surface area contributed by atoms with Gasteiger partial charge >= 0.3 is 6.03 Å². The van der Waals surface area contributed by atoms with Crippen molar-refractivity contribution >= 4 is 17.6 Å². The average Bonchev–Trinajstić information content (AvgIpc) is 2.91. The number of benzene rings is 2. The van der Waals surface area contributed by atoms with Crippen LogP contribution in [0.2, 0.25) is 0 Å². The van der Waals surface area contributed by atoms with Crippen LogP contribution in [0.25, 0.3) is 0 Å². The molecule has 2 fully saturated rings. The zero-order valence-electron chi connectivity index (χ0n) is 21.7. The molecular weight excluding hydrogens is 475 g/mol. The summed E-state index contributed by atoms with van der Waals surface area (Å²) in [5.74, 6) is -0.225. The van der Waals surface area contributed by atoms with Gasteiger partial charge in [-0.3, -0.25) is 14.9 Å². The minimum absolute atomic E-state index is 0.0855. The van der Waals surface area contributed by atoms with E-state index >= 15 is 0 Å². The fourth-order valence-electron chi connectivity index (χ4n) is 5.11. The zero-order chi connectivity index (χ0) is 26.4. The minimum atomic E-state index is -1.20. The van der Waals surface area contributed by atoms with Crippen molar-refractivity contribution < 1.29 is 23.9 Å². The van der Waals surface area contributed by atoms with Gasteiger partial charge in [-0.2, -0.15) is 0 Å². The molecule has 0 bridgehead atoms. The lowest BCUT2D eigenvalue weighted by Gasteiger charge is -2.35. The van der Waals surface area contributed by atoms with E-state index in [1.807, 2.05) is 12.1 Å². The maximum Gasteiger partial charge on any atom is 0.324 e. The Labute approximate surface area is 217 Å². The molecule has 8 nitrogen and oxygen atoms in total. The number of alkyl halides is 1.